The van der Waals surface area contributed by atoms with Gasteiger partial charge in [0.25, 0.3) is 0 Å². The molecule has 0 radical (unpaired) electrons. The molecule has 0 aromatic carbocycles. The van der Waals surface area contributed by atoms with Gasteiger partial charge >= 0.3 is 0 Å². The quantitative estimate of drug-likeness (QED) is 0.736. The Morgan fingerprint density at radius 1 is 1.25 bits per heavy atom. The van der Waals surface area contributed by atoms with Crippen molar-refractivity contribution in [3.63, 3.8) is 0 Å². The van der Waals surface area contributed by atoms with Crippen molar-refractivity contribution in [2.45, 2.75) is 25.7 Å². The molecule has 12 heavy (non-hydrogen) atoms. The summed E-state index contributed by atoms with van der Waals surface area (Å²) < 4.78 is 0.999. The summed E-state index contributed by atoms with van der Waals surface area (Å²) in [5.74, 6) is 0. The summed E-state index contributed by atoms with van der Waals surface area (Å²) in [5.41, 5.74) is 3.29. The van der Waals surface area contributed by atoms with E-state index in [-0.39, 0.29) is 0 Å². The van der Waals surface area contributed by atoms with Gasteiger partial charge in [0.15, 0.2) is 6.29 Å². The summed E-state index contributed by atoms with van der Waals surface area (Å²) in [6.07, 6.45) is 5.50. The molecule has 1 aromatic heterocycles. The number of carbonyl (C=O) groups excluding carboxylic acids is 1. The molecule has 0 spiro atoms. The van der Waals surface area contributed by atoms with Crippen molar-refractivity contribution in [1.29, 1.82) is 0 Å². The van der Waals surface area contributed by atoms with Crippen LogP contribution in [-0.2, 0) is 12.8 Å². The first-order valence-corrected chi connectivity index (χ1v) is 4.96. The highest BCUT2D eigenvalue weighted by Gasteiger charge is 2.18. The van der Waals surface area contributed by atoms with Crippen molar-refractivity contribution in [2.24, 2.45) is 0 Å². The normalized spacial score (nSPS) is 15.8. The van der Waals surface area contributed by atoms with Crippen LogP contribution in [0.25, 0.3) is 0 Å². The zero-order chi connectivity index (χ0) is 8.55. The van der Waals surface area contributed by atoms with Gasteiger partial charge in [-0.1, -0.05) is 0 Å². The van der Waals surface area contributed by atoms with E-state index in [1.807, 2.05) is 0 Å². The van der Waals surface area contributed by atoms with Crippen LogP contribution in [0.3, 0.4) is 0 Å². The highest BCUT2D eigenvalue weighted by molar-refractivity contribution is 9.10. The van der Waals surface area contributed by atoms with E-state index in [2.05, 4.69) is 20.9 Å². The van der Waals surface area contributed by atoms with Gasteiger partial charge in [0.2, 0.25) is 0 Å². The molecule has 1 heterocycles. The van der Waals surface area contributed by atoms with E-state index in [1.54, 1.807) is 0 Å². The van der Waals surface area contributed by atoms with Gasteiger partial charge in [-0.05, 0) is 52.7 Å². The molecular weight excluding hydrogens is 218 g/mol. The molecule has 0 amide bonds. The van der Waals surface area contributed by atoms with Crippen LogP contribution in [0.1, 0.15) is 34.5 Å². The summed E-state index contributed by atoms with van der Waals surface area (Å²) in [5, 5.41) is 0. The maximum atomic E-state index is 10.6. The third-order valence-electron chi connectivity index (χ3n) is 2.42. The SMILES string of the molecule is O=Cc1[nH]c(Br)c2c1CCCC2. The van der Waals surface area contributed by atoms with Gasteiger partial charge in [-0.25, -0.2) is 0 Å². The molecule has 0 atom stereocenters. The van der Waals surface area contributed by atoms with E-state index in [1.165, 1.54) is 24.0 Å². The van der Waals surface area contributed by atoms with Crippen molar-refractivity contribution in [3.8, 4) is 0 Å². The van der Waals surface area contributed by atoms with Crippen LogP contribution >= 0.6 is 15.9 Å². The molecule has 1 aliphatic carbocycles. The molecule has 0 saturated heterocycles. The van der Waals surface area contributed by atoms with Gasteiger partial charge < -0.3 is 4.98 Å². The number of H-pyrrole nitrogens is 1. The fraction of sp³-hybridized carbons (Fsp3) is 0.444. The molecule has 0 aliphatic heterocycles. The minimum atomic E-state index is 0.761. The van der Waals surface area contributed by atoms with E-state index >= 15 is 0 Å². The number of hydrogen-bond acceptors (Lipinski definition) is 1. The molecule has 1 aromatic rings. The maximum absolute atomic E-state index is 10.6. The van der Waals surface area contributed by atoms with Crippen LogP contribution in [0.5, 0.6) is 0 Å². The predicted octanol–water partition coefficient (Wildman–Crippen LogP) is 2.47. The van der Waals surface area contributed by atoms with Crippen LogP contribution in [0, 0.1) is 0 Å². The molecule has 64 valence electrons. The van der Waals surface area contributed by atoms with Crippen LogP contribution in [-0.4, -0.2) is 11.3 Å². The number of fused-ring (bicyclic) bond motifs is 1. The predicted molar refractivity (Wildman–Crippen MR) is 50.5 cm³/mol. The van der Waals surface area contributed by atoms with Crippen molar-refractivity contribution in [1.82, 2.24) is 4.98 Å². The highest BCUT2D eigenvalue weighted by Crippen LogP contribution is 2.29. The summed E-state index contributed by atoms with van der Waals surface area (Å²) in [4.78, 5) is 13.7. The Bertz CT molecular complexity index is 317. The monoisotopic (exact) mass is 227 g/mol. The van der Waals surface area contributed by atoms with E-state index in [9.17, 15) is 4.79 Å². The van der Waals surface area contributed by atoms with Crippen LogP contribution in [0.2, 0.25) is 0 Å². The molecule has 2 rings (SSSR count). The second-order valence-corrected chi connectivity index (χ2v) is 3.93. The lowest BCUT2D eigenvalue weighted by Crippen LogP contribution is -2.01. The van der Waals surface area contributed by atoms with Crippen LogP contribution in [0.4, 0.5) is 0 Å². The van der Waals surface area contributed by atoms with Crippen molar-refractivity contribution in [3.05, 3.63) is 21.4 Å². The molecule has 2 nitrogen and oxygen atoms in total. The Morgan fingerprint density at radius 3 is 2.58 bits per heavy atom. The number of halogens is 1. The van der Waals surface area contributed by atoms with Gasteiger partial charge in [0, 0.05) is 0 Å². The second kappa shape index (κ2) is 3.05. The number of rotatable bonds is 1. The Balaban J connectivity index is 2.53. The maximum Gasteiger partial charge on any atom is 0.166 e. The highest BCUT2D eigenvalue weighted by atomic mass is 79.9. The van der Waals surface area contributed by atoms with Crippen molar-refractivity contribution < 1.29 is 4.79 Å². The Labute approximate surface area is 79.5 Å². The number of hydrogen-bond donors (Lipinski definition) is 1. The smallest absolute Gasteiger partial charge is 0.166 e. The van der Waals surface area contributed by atoms with Gasteiger partial charge in [-0.3, -0.25) is 4.79 Å². The average molecular weight is 228 g/mol. The lowest BCUT2D eigenvalue weighted by atomic mass is 9.94. The summed E-state index contributed by atoms with van der Waals surface area (Å²) in [7, 11) is 0. The minimum Gasteiger partial charge on any atom is -0.347 e. The third-order valence-corrected chi connectivity index (χ3v) is 3.10. The number of aromatic amines is 1. The fourth-order valence-electron chi connectivity index (χ4n) is 1.81. The molecule has 0 bridgehead atoms. The number of aromatic nitrogens is 1. The zero-order valence-corrected chi connectivity index (χ0v) is 8.28. The standard InChI is InChI=1S/C9H10BrNO/c10-9-7-4-2-1-3-6(7)8(5-12)11-9/h5,11H,1-4H2. The largest absolute Gasteiger partial charge is 0.347 e. The van der Waals surface area contributed by atoms with E-state index in [4.69, 9.17) is 0 Å². The van der Waals surface area contributed by atoms with E-state index in [0.29, 0.717) is 0 Å². The lowest BCUT2D eigenvalue weighted by molar-refractivity contribution is 0.111. The first-order valence-electron chi connectivity index (χ1n) is 4.17. The summed E-state index contributed by atoms with van der Waals surface area (Å²) in [6, 6.07) is 0. The van der Waals surface area contributed by atoms with Gasteiger partial charge in [0.1, 0.15) is 0 Å². The van der Waals surface area contributed by atoms with Gasteiger partial charge in [0.05, 0.1) is 10.3 Å². The number of aldehydes is 1. The second-order valence-electron chi connectivity index (χ2n) is 3.13. The topological polar surface area (TPSA) is 32.9 Å². The van der Waals surface area contributed by atoms with Gasteiger partial charge in [-0.2, -0.15) is 0 Å². The van der Waals surface area contributed by atoms with E-state index in [0.717, 1.165) is 29.4 Å². The average Bonchev–Trinajstić information content (AvgIpc) is 2.44. The Hall–Kier alpha value is -0.570. The molecule has 3 heteroatoms. The molecular formula is C9H10BrNO. The fourth-order valence-corrected chi connectivity index (χ4v) is 2.47. The number of carbonyl (C=O) groups is 1. The summed E-state index contributed by atoms with van der Waals surface area (Å²) in [6.45, 7) is 0. The third kappa shape index (κ3) is 1.12. The Kier molecular flexibility index (Phi) is 2.05. The Morgan fingerprint density at radius 2 is 1.92 bits per heavy atom. The molecule has 0 saturated carbocycles. The van der Waals surface area contributed by atoms with Crippen molar-refractivity contribution >= 4 is 22.2 Å². The first-order chi connectivity index (χ1) is 5.83. The molecule has 0 fully saturated rings. The van der Waals surface area contributed by atoms with Crippen LogP contribution in [0.15, 0.2) is 4.60 Å². The van der Waals surface area contributed by atoms with E-state index < -0.39 is 0 Å². The number of nitrogens with one attached hydrogen (secondary N) is 1. The van der Waals surface area contributed by atoms with Gasteiger partial charge in [-0.15, -0.1) is 0 Å². The zero-order valence-electron chi connectivity index (χ0n) is 6.69. The summed E-state index contributed by atoms with van der Waals surface area (Å²) >= 11 is 3.43. The van der Waals surface area contributed by atoms with Crippen LogP contribution < -0.4 is 0 Å². The van der Waals surface area contributed by atoms with Crippen molar-refractivity contribution in [2.75, 3.05) is 0 Å². The first kappa shape index (κ1) is 8.05. The molecule has 1 N–H and O–H groups in total. The molecule has 1 aliphatic rings. The lowest BCUT2D eigenvalue weighted by Gasteiger charge is -2.10. The minimum absolute atomic E-state index is 0.761. The molecule has 0 unspecified atom stereocenters.